The number of hydrogen-bond donors (Lipinski definition) is 0. The second-order valence-electron chi connectivity index (χ2n) is 5.09. The molecule has 0 saturated carbocycles. The van der Waals surface area contributed by atoms with Crippen molar-refractivity contribution >= 4 is 13.8 Å². The van der Waals surface area contributed by atoms with Crippen LogP contribution in [0.25, 0.3) is 0 Å². The number of allylic oxidation sites excluding steroid dienone is 4. The number of esters is 1. The van der Waals surface area contributed by atoms with Gasteiger partial charge in [0, 0.05) is 23.5 Å². The molecule has 3 nitrogen and oxygen atoms in total. The van der Waals surface area contributed by atoms with Crippen molar-refractivity contribution in [1.82, 2.24) is 0 Å². The third kappa shape index (κ3) is 17.6. The van der Waals surface area contributed by atoms with Crippen molar-refractivity contribution in [2.45, 2.75) is 19.8 Å². The topological polar surface area (TPSA) is 50.1 Å². The van der Waals surface area contributed by atoms with Gasteiger partial charge in [0.2, 0.25) is 0 Å². The summed E-state index contributed by atoms with van der Waals surface area (Å²) >= 11 is 0. The zero-order valence-electron chi connectivity index (χ0n) is 14.8. The fourth-order valence-electron chi connectivity index (χ4n) is 1.71. The first kappa shape index (κ1) is 28.4. The Balaban J connectivity index is 0. The number of carbonyl (C=O) groups is 1. The van der Waals surface area contributed by atoms with Crippen LogP contribution in [0, 0.1) is 24.7 Å². The molecule has 0 heterocycles. The number of nitrogens with zero attached hydrogens (tertiary/aromatic N) is 1. The molecule has 1 aliphatic rings. The molecule has 11 heteroatoms. The summed E-state index contributed by atoms with van der Waals surface area (Å²) in [5.41, 5.74) is 1.65. The molecule has 1 radical (unpaired) electrons. The first-order valence-corrected chi connectivity index (χ1v) is 9.53. The molecular weight excluding hydrogens is 451 g/mol. The number of rotatable bonds is 3. The summed E-state index contributed by atoms with van der Waals surface area (Å²) in [5, 5.41) is 8.95. The quantitative estimate of drug-likeness (QED) is 0.210. The van der Waals surface area contributed by atoms with Crippen LogP contribution in [0.3, 0.4) is 0 Å². The molecule has 0 amide bonds. The van der Waals surface area contributed by atoms with E-state index in [0.29, 0.717) is 6.61 Å². The number of carbonyl (C=O) groups excluding carboxylic acids is 1. The van der Waals surface area contributed by atoms with Crippen molar-refractivity contribution in [3.63, 3.8) is 0 Å². The maximum atomic E-state index is 11.5. The molecule has 0 bridgehead atoms. The summed E-state index contributed by atoms with van der Waals surface area (Å²) in [4.78, 5) is 11.5. The van der Waals surface area contributed by atoms with Gasteiger partial charge in [-0.3, -0.25) is 4.79 Å². The Morgan fingerprint density at radius 1 is 1.07 bits per heavy atom. The van der Waals surface area contributed by atoms with Gasteiger partial charge in [-0.05, 0) is 25.0 Å². The van der Waals surface area contributed by atoms with E-state index < -0.39 is 19.7 Å². The van der Waals surface area contributed by atoms with Crippen molar-refractivity contribution in [1.29, 1.82) is 5.26 Å². The summed E-state index contributed by atoms with van der Waals surface area (Å²) in [6.45, 7) is 3.89. The summed E-state index contributed by atoms with van der Waals surface area (Å²) in [7, 11) is -10.7. The van der Waals surface area contributed by atoms with Crippen molar-refractivity contribution in [2.24, 2.45) is 0 Å². The molecule has 159 valence electrons. The van der Waals surface area contributed by atoms with E-state index in [9.17, 15) is 30.0 Å². The number of hydrogen-bond acceptors (Lipinski definition) is 3. The monoisotopic (exact) mass is 469 g/mol. The fourth-order valence-corrected chi connectivity index (χ4v) is 1.71. The molecule has 1 aromatic rings. The molecule has 0 spiro atoms. The van der Waals surface area contributed by atoms with Gasteiger partial charge < -0.3 is 4.74 Å². The second kappa shape index (κ2) is 10.7. The van der Waals surface area contributed by atoms with Crippen LogP contribution < -0.4 is 0 Å². The van der Waals surface area contributed by atoms with Gasteiger partial charge in [-0.1, -0.05) is 48.6 Å². The number of halogens is 6. The van der Waals surface area contributed by atoms with E-state index in [4.69, 9.17) is 10.00 Å². The van der Waals surface area contributed by atoms with Crippen LogP contribution in [0.15, 0.2) is 48.6 Å². The Kier molecular flexibility index (Phi) is 10.8. The third-order valence-electron chi connectivity index (χ3n) is 2.71. The molecule has 1 aromatic carbocycles. The smallest absolute Gasteiger partial charge is 0.00506 e. The van der Waals surface area contributed by atoms with Crippen LogP contribution >= 0.6 is 7.81 Å². The first-order valence-electron chi connectivity index (χ1n) is 7.50. The van der Waals surface area contributed by atoms with Gasteiger partial charge in [-0.2, -0.15) is 5.26 Å². The average Bonchev–Trinajstić information content (AvgIpc) is 3.06. The van der Waals surface area contributed by atoms with Gasteiger partial charge in [0.25, 0.3) is 0 Å². The second-order valence-corrected chi connectivity index (χ2v) is 7.01. The molecular formula is C17H18F6FeNO2P-. The van der Waals surface area contributed by atoms with Crippen LogP contribution in [-0.4, -0.2) is 12.6 Å². The standard InChI is InChI=1S/C12H13NO2.C5H5.F6P.Fe/c1-3-15-12(14)11(8-13)10-7-5-4-6-9(10)2;1-2-4-5-3-1;1-7(2,3,4,5)6;/h4-7,11H,3H2,1-2H3;1-5H;;/q;;-1;. The minimum Gasteiger partial charge on any atom is -0.0767 e. The van der Waals surface area contributed by atoms with E-state index in [1.165, 1.54) is 0 Å². The van der Waals surface area contributed by atoms with Crippen LogP contribution in [0.2, 0.25) is 0 Å². The fraction of sp³-hybridized carbons (Fsp3) is 0.235. The first-order chi connectivity index (χ1) is 12.2. The minimum absolute atomic E-state index is 0. The number of nitriles is 1. The molecule has 0 aromatic heterocycles. The van der Waals surface area contributed by atoms with Crippen molar-refractivity contribution in [3.05, 3.63) is 66.1 Å². The predicted octanol–water partition coefficient (Wildman–Crippen LogP) is 6.86. The van der Waals surface area contributed by atoms with Crippen LogP contribution in [0.4, 0.5) is 25.2 Å². The Labute approximate surface area is 169 Å². The number of aryl methyl sites for hydroxylation is 1. The average molecular weight is 469 g/mol. The summed E-state index contributed by atoms with van der Waals surface area (Å²) in [6, 6.07) is 9.31. The van der Waals surface area contributed by atoms with E-state index in [-0.39, 0.29) is 17.1 Å². The number of ether oxygens (including phenoxy) is 1. The zero-order chi connectivity index (χ0) is 21.2. The van der Waals surface area contributed by atoms with Crippen molar-refractivity contribution < 1.29 is 51.8 Å². The molecule has 0 N–H and O–H groups in total. The maximum Gasteiger partial charge on any atom is 0.00506 e. The molecule has 28 heavy (non-hydrogen) atoms. The van der Waals surface area contributed by atoms with Crippen molar-refractivity contribution in [3.8, 4) is 6.07 Å². The summed E-state index contributed by atoms with van der Waals surface area (Å²) < 4.78 is 64.0. The van der Waals surface area contributed by atoms with Gasteiger partial charge in [-0.25, -0.2) is 0 Å². The molecule has 2 rings (SSSR count). The number of benzene rings is 1. The summed E-state index contributed by atoms with van der Waals surface area (Å²) in [5.74, 6) is -1.29. The van der Waals surface area contributed by atoms with Gasteiger partial charge in [-0.15, -0.1) is 0 Å². The molecule has 0 aliphatic heterocycles. The Hall–Kier alpha value is -1.81. The predicted molar refractivity (Wildman–Crippen MR) is 92.3 cm³/mol. The Bertz CT molecular complexity index is 721. The van der Waals surface area contributed by atoms with Crippen molar-refractivity contribution in [2.75, 3.05) is 6.61 Å². The molecule has 0 fully saturated rings. The van der Waals surface area contributed by atoms with E-state index in [1.54, 1.807) is 13.0 Å². The van der Waals surface area contributed by atoms with Gasteiger partial charge >= 0.3 is 39.0 Å². The Morgan fingerprint density at radius 2 is 1.54 bits per heavy atom. The van der Waals surface area contributed by atoms with Gasteiger partial charge in [0.05, 0.1) is 12.7 Å². The van der Waals surface area contributed by atoms with E-state index in [0.717, 1.165) is 11.1 Å². The SMILES string of the molecule is CCOC(=O)C(C#N)c1ccccc1C.F[P-](F)(F)(F)(F)F.[CH]1C=CC=C1.[Fe]. The zero-order valence-corrected chi connectivity index (χ0v) is 16.8. The van der Waals surface area contributed by atoms with Crippen LogP contribution in [0.5, 0.6) is 0 Å². The molecule has 1 unspecified atom stereocenters. The van der Waals surface area contributed by atoms with Crippen LogP contribution in [0.1, 0.15) is 24.0 Å². The van der Waals surface area contributed by atoms with Crippen LogP contribution in [-0.2, 0) is 26.6 Å². The molecule has 1 atom stereocenters. The largest absolute Gasteiger partial charge is 0.0767 e. The van der Waals surface area contributed by atoms with E-state index in [2.05, 4.69) is 0 Å². The molecule has 1 aliphatic carbocycles. The normalized spacial score (nSPS) is 15.1. The third-order valence-corrected chi connectivity index (χ3v) is 2.71. The van der Waals surface area contributed by atoms with Gasteiger partial charge in [0.15, 0.2) is 5.92 Å². The van der Waals surface area contributed by atoms with E-state index >= 15 is 0 Å². The summed E-state index contributed by atoms with van der Waals surface area (Å²) in [6.07, 6.45) is 10.0. The van der Waals surface area contributed by atoms with Gasteiger partial charge in [0.1, 0.15) is 0 Å². The Morgan fingerprint density at radius 3 is 1.86 bits per heavy atom. The molecule has 0 saturated heterocycles. The van der Waals surface area contributed by atoms with E-state index in [1.807, 2.05) is 61.9 Å². The minimum atomic E-state index is -10.7. The maximum absolute atomic E-state index is 11.5.